The van der Waals surface area contributed by atoms with Crippen molar-refractivity contribution in [1.29, 1.82) is 0 Å². The first-order valence-corrected chi connectivity index (χ1v) is 7.36. The van der Waals surface area contributed by atoms with Crippen molar-refractivity contribution in [2.24, 2.45) is 11.1 Å². The van der Waals surface area contributed by atoms with Crippen molar-refractivity contribution in [3.05, 3.63) is 23.5 Å². The molecule has 1 amide bonds. The Kier molecular flexibility index (Phi) is 3.56. The SMILES string of the molecule is NS(=O)(=O)CC1CC(=O)N(c2ccncc2Cl)C1. The van der Waals surface area contributed by atoms with E-state index in [9.17, 15) is 13.2 Å². The molecule has 1 fully saturated rings. The second-order valence-corrected chi connectivity index (χ2v) is 6.30. The number of amides is 1. The Morgan fingerprint density at radius 1 is 1.56 bits per heavy atom. The zero-order valence-corrected chi connectivity index (χ0v) is 11.0. The number of anilines is 1. The molecule has 18 heavy (non-hydrogen) atoms. The molecule has 0 bridgehead atoms. The molecule has 1 aromatic rings. The average Bonchev–Trinajstić information content (AvgIpc) is 2.57. The zero-order chi connectivity index (χ0) is 13.3. The van der Waals surface area contributed by atoms with E-state index in [2.05, 4.69) is 4.98 Å². The second kappa shape index (κ2) is 4.83. The molecule has 6 nitrogen and oxygen atoms in total. The number of primary sulfonamides is 1. The van der Waals surface area contributed by atoms with Gasteiger partial charge in [-0.3, -0.25) is 9.78 Å². The largest absolute Gasteiger partial charge is 0.310 e. The summed E-state index contributed by atoms with van der Waals surface area (Å²) in [6.45, 7) is 0.305. The molecule has 0 aromatic carbocycles. The van der Waals surface area contributed by atoms with Crippen LogP contribution in [0.2, 0.25) is 5.02 Å². The van der Waals surface area contributed by atoms with E-state index in [0.29, 0.717) is 17.3 Å². The van der Waals surface area contributed by atoms with Gasteiger partial charge in [-0.25, -0.2) is 13.6 Å². The van der Waals surface area contributed by atoms with Crippen LogP contribution in [0.5, 0.6) is 0 Å². The van der Waals surface area contributed by atoms with E-state index < -0.39 is 10.0 Å². The maximum absolute atomic E-state index is 11.8. The molecule has 2 heterocycles. The van der Waals surface area contributed by atoms with Gasteiger partial charge in [0.25, 0.3) is 0 Å². The van der Waals surface area contributed by atoms with Gasteiger partial charge in [-0.05, 0) is 6.07 Å². The highest BCUT2D eigenvalue weighted by Gasteiger charge is 2.33. The molecule has 0 radical (unpaired) electrons. The van der Waals surface area contributed by atoms with E-state index in [-0.39, 0.29) is 24.0 Å². The lowest BCUT2D eigenvalue weighted by atomic mass is 10.1. The maximum Gasteiger partial charge on any atom is 0.227 e. The third-order valence-electron chi connectivity index (χ3n) is 2.71. The van der Waals surface area contributed by atoms with Gasteiger partial charge in [-0.15, -0.1) is 0 Å². The van der Waals surface area contributed by atoms with Crippen LogP contribution < -0.4 is 10.0 Å². The molecule has 1 aliphatic heterocycles. The minimum Gasteiger partial charge on any atom is -0.310 e. The molecule has 1 saturated heterocycles. The number of sulfonamides is 1. The summed E-state index contributed by atoms with van der Waals surface area (Å²) in [4.78, 5) is 17.1. The topological polar surface area (TPSA) is 93.4 Å². The summed E-state index contributed by atoms with van der Waals surface area (Å²) in [5, 5.41) is 5.34. The first-order chi connectivity index (χ1) is 8.37. The molecule has 8 heteroatoms. The summed E-state index contributed by atoms with van der Waals surface area (Å²) in [5.41, 5.74) is 0.550. The Morgan fingerprint density at radius 3 is 2.89 bits per heavy atom. The molecule has 1 unspecified atom stereocenters. The number of rotatable bonds is 3. The van der Waals surface area contributed by atoms with Crippen molar-refractivity contribution in [2.45, 2.75) is 6.42 Å². The summed E-state index contributed by atoms with van der Waals surface area (Å²) in [7, 11) is -3.57. The predicted octanol–water partition coefficient (Wildman–Crippen LogP) is 0.376. The standard InChI is InChI=1S/C10H12ClN3O3S/c11-8-4-13-2-1-9(8)14-5-7(3-10(14)15)6-18(12,16)17/h1-2,4,7H,3,5-6H2,(H2,12,16,17). The Labute approximate surface area is 110 Å². The van der Waals surface area contributed by atoms with Gasteiger partial charge in [-0.2, -0.15) is 0 Å². The Morgan fingerprint density at radius 2 is 2.28 bits per heavy atom. The maximum atomic E-state index is 11.8. The minimum atomic E-state index is -3.57. The second-order valence-electron chi connectivity index (χ2n) is 4.23. The van der Waals surface area contributed by atoms with E-state index in [1.54, 1.807) is 6.07 Å². The van der Waals surface area contributed by atoms with Crippen molar-refractivity contribution in [3.63, 3.8) is 0 Å². The number of pyridine rings is 1. The molecule has 1 atom stereocenters. The molecule has 1 aromatic heterocycles. The van der Waals surface area contributed by atoms with Crippen molar-refractivity contribution in [2.75, 3.05) is 17.2 Å². The predicted molar refractivity (Wildman–Crippen MR) is 67.7 cm³/mol. The number of halogens is 1. The monoisotopic (exact) mass is 289 g/mol. The number of carbonyl (C=O) groups is 1. The lowest BCUT2D eigenvalue weighted by Gasteiger charge is -2.17. The van der Waals surface area contributed by atoms with Gasteiger partial charge in [0, 0.05) is 31.3 Å². The molecule has 0 saturated carbocycles. The van der Waals surface area contributed by atoms with Crippen molar-refractivity contribution in [3.8, 4) is 0 Å². The zero-order valence-electron chi connectivity index (χ0n) is 9.41. The Bertz CT molecular complexity index is 575. The Hall–Kier alpha value is -1.18. The van der Waals surface area contributed by atoms with E-state index in [0.717, 1.165) is 0 Å². The van der Waals surface area contributed by atoms with Crippen LogP contribution in [0.15, 0.2) is 18.5 Å². The fourth-order valence-electron chi connectivity index (χ4n) is 2.04. The first-order valence-electron chi connectivity index (χ1n) is 5.27. The van der Waals surface area contributed by atoms with Crippen LogP contribution in [0.4, 0.5) is 5.69 Å². The highest BCUT2D eigenvalue weighted by molar-refractivity contribution is 7.89. The highest BCUT2D eigenvalue weighted by atomic mass is 35.5. The molecular formula is C10H12ClN3O3S. The van der Waals surface area contributed by atoms with Crippen LogP contribution in [0.25, 0.3) is 0 Å². The van der Waals surface area contributed by atoms with Crippen LogP contribution >= 0.6 is 11.6 Å². The van der Waals surface area contributed by atoms with Gasteiger partial charge >= 0.3 is 0 Å². The molecule has 1 aliphatic rings. The molecule has 0 spiro atoms. The lowest BCUT2D eigenvalue weighted by molar-refractivity contribution is -0.117. The number of aromatic nitrogens is 1. The van der Waals surface area contributed by atoms with Crippen molar-refractivity contribution < 1.29 is 13.2 Å². The molecular weight excluding hydrogens is 278 g/mol. The van der Waals surface area contributed by atoms with Crippen LogP contribution in [0.1, 0.15) is 6.42 Å². The lowest BCUT2D eigenvalue weighted by Crippen LogP contribution is -2.27. The van der Waals surface area contributed by atoms with Crippen LogP contribution in [0.3, 0.4) is 0 Å². The van der Waals surface area contributed by atoms with Gasteiger partial charge in [0.15, 0.2) is 0 Å². The normalized spacial score (nSPS) is 20.4. The molecule has 2 rings (SSSR count). The van der Waals surface area contributed by atoms with E-state index in [4.69, 9.17) is 16.7 Å². The summed E-state index contributed by atoms with van der Waals surface area (Å²) in [6.07, 6.45) is 3.13. The summed E-state index contributed by atoms with van der Waals surface area (Å²) >= 11 is 5.95. The highest BCUT2D eigenvalue weighted by Crippen LogP contribution is 2.30. The van der Waals surface area contributed by atoms with Gasteiger partial charge in [0.1, 0.15) is 0 Å². The number of nitrogens with two attached hydrogens (primary N) is 1. The molecule has 98 valence electrons. The van der Waals surface area contributed by atoms with Crippen molar-refractivity contribution >= 4 is 33.2 Å². The number of nitrogens with zero attached hydrogens (tertiary/aromatic N) is 2. The van der Waals surface area contributed by atoms with Crippen LogP contribution in [0, 0.1) is 5.92 Å². The van der Waals surface area contributed by atoms with Gasteiger partial charge in [0.2, 0.25) is 15.9 Å². The summed E-state index contributed by atoms with van der Waals surface area (Å²) < 4.78 is 22.0. The third-order valence-corrected chi connectivity index (χ3v) is 3.94. The van der Waals surface area contributed by atoms with E-state index >= 15 is 0 Å². The van der Waals surface area contributed by atoms with E-state index in [1.165, 1.54) is 17.3 Å². The van der Waals surface area contributed by atoms with Crippen molar-refractivity contribution in [1.82, 2.24) is 4.98 Å². The average molecular weight is 290 g/mol. The number of carbonyl (C=O) groups excluding carboxylic acids is 1. The van der Waals surface area contributed by atoms with E-state index in [1.807, 2.05) is 0 Å². The van der Waals surface area contributed by atoms with Gasteiger partial charge < -0.3 is 4.90 Å². The first kappa shape index (κ1) is 13.3. The fraction of sp³-hybridized carbons (Fsp3) is 0.400. The third kappa shape index (κ3) is 2.98. The van der Waals surface area contributed by atoms with Crippen LogP contribution in [-0.2, 0) is 14.8 Å². The molecule has 2 N–H and O–H groups in total. The minimum absolute atomic E-state index is 0.156. The quantitative estimate of drug-likeness (QED) is 0.870. The van der Waals surface area contributed by atoms with Gasteiger partial charge in [-0.1, -0.05) is 11.6 Å². The summed E-state index contributed by atoms with van der Waals surface area (Å²) in [5.74, 6) is -0.647. The number of hydrogen-bond donors (Lipinski definition) is 1. The smallest absolute Gasteiger partial charge is 0.227 e. The Balaban J connectivity index is 2.18. The van der Waals surface area contributed by atoms with Crippen LogP contribution in [-0.4, -0.2) is 31.6 Å². The molecule has 0 aliphatic carbocycles. The fourth-order valence-corrected chi connectivity index (χ4v) is 3.14. The van der Waals surface area contributed by atoms with Gasteiger partial charge in [0.05, 0.1) is 16.5 Å². The summed E-state index contributed by atoms with van der Waals surface area (Å²) in [6, 6.07) is 1.62. The number of hydrogen-bond acceptors (Lipinski definition) is 4.